The number of rotatable bonds is 2. The molecule has 0 bridgehead atoms. The molecule has 1 aromatic rings. The molecule has 0 aliphatic carbocycles. The lowest BCUT2D eigenvalue weighted by molar-refractivity contribution is 0.266. The highest BCUT2D eigenvalue weighted by atomic mass is 16.3. The molecule has 0 saturated carbocycles. The minimum atomic E-state index is 0.236. The molecule has 1 N–H and O–H groups in total. The number of pyridine rings is 1. The van der Waals surface area contributed by atoms with Crippen LogP contribution in [0.1, 0.15) is 12.1 Å². The Bertz CT molecular complexity index is 326. The summed E-state index contributed by atoms with van der Waals surface area (Å²) in [6.45, 7) is 5.41. The van der Waals surface area contributed by atoms with E-state index in [1.807, 2.05) is 6.07 Å². The number of aromatic hydroxyl groups is 1. The number of hydrogen-bond donors (Lipinski definition) is 1. The van der Waals surface area contributed by atoms with Gasteiger partial charge >= 0.3 is 0 Å². The Balaban J connectivity index is 1.91. The van der Waals surface area contributed by atoms with Crippen LogP contribution >= 0.6 is 0 Å². The Morgan fingerprint density at radius 2 is 2.12 bits per heavy atom. The summed E-state index contributed by atoms with van der Waals surface area (Å²) in [5.74, 6) is 0.236. The second kappa shape index (κ2) is 5.27. The molecule has 2 heterocycles. The van der Waals surface area contributed by atoms with E-state index in [1.165, 1.54) is 19.2 Å². The van der Waals surface area contributed by atoms with Crippen molar-refractivity contribution in [1.29, 1.82) is 0 Å². The van der Waals surface area contributed by atoms with Gasteiger partial charge in [-0.05, 0) is 38.7 Å². The molecule has 4 heteroatoms. The maximum absolute atomic E-state index is 9.16. The molecule has 88 valence electrons. The van der Waals surface area contributed by atoms with Gasteiger partial charge in [-0.25, -0.2) is 0 Å². The first-order valence-corrected chi connectivity index (χ1v) is 5.79. The Morgan fingerprint density at radius 3 is 2.88 bits per heavy atom. The van der Waals surface area contributed by atoms with Gasteiger partial charge in [0.25, 0.3) is 0 Å². The van der Waals surface area contributed by atoms with E-state index in [4.69, 9.17) is 5.11 Å². The average Bonchev–Trinajstić information content (AvgIpc) is 2.47. The van der Waals surface area contributed by atoms with Gasteiger partial charge in [0.05, 0.1) is 11.9 Å². The van der Waals surface area contributed by atoms with E-state index in [0.29, 0.717) is 0 Å². The van der Waals surface area contributed by atoms with Crippen LogP contribution < -0.4 is 0 Å². The molecule has 2 rings (SSSR count). The third kappa shape index (κ3) is 3.18. The highest BCUT2D eigenvalue weighted by Gasteiger charge is 2.12. The third-order valence-corrected chi connectivity index (χ3v) is 3.01. The number of aromatic nitrogens is 1. The Kier molecular flexibility index (Phi) is 3.74. The first kappa shape index (κ1) is 11.4. The lowest BCUT2D eigenvalue weighted by Gasteiger charge is -2.19. The van der Waals surface area contributed by atoms with Gasteiger partial charge in [0, 0.05) is 19.6 Å². The van der Waals surface area contributed by atoms with Gasteiger partial charge in [-0.1, -0.05) is 0 Å². The fraction of sp³-hybridized carbons (Fsp3) is 0.583. The van der Waals surface area contributed by atoms with Crippen LogP contribution in [0.4, 0.5) is 0 Å². The summed E-state index contributed by atoms with van der Waals surface area (Å²) in [7, 11) is 2.17. The first-order chi connectivity index (χ1) is 7.74. The van der Waals surface area contributed by atoms with Gasteiger partial charge < -0.3 is 10.0 Å². The van der Waals surface area contributed by atoms with Crippen molar-refractivity contribution in [3.05, 3.63) is 24.0 Å². The van der Waals surface area contributed by atoms with Crippen molar-refractivity contribution in [3.8, 4) is 5.75 Å². The van der Waals surface area contributed by atoms with Crippen molar-refractivity contribution >= 4 is 0 Å². The first-order valence-electron chi connectivity index (χ1n) is 5.79. The quantitative estimate of drug-likeness (QED) is 0.806. The van der Waals surface area contributed by atoms with E-state index in [1.54, 1.807) is 6.07 Å². The Labute approximate surface area is 96.5 Å². The molecule has 16 heavy (non-hydrogen) atoms. The average molecular weight is 221 g/mol. The van der Waals surface area contributed by atoms with Crippen LogP contribution in [-0.4, -0.2) is 53.1 Å². The number of nitrogens with zero attached hydrogens (tertiary/aromatic N) is 3. The lowest BCUT2D eigenvalue weighted by Crippen LogP contribution is -2.28. The fourth-order valence-corrected chi connectivity index (χ4v) is 2.00. The predicted molar refractivity (Wildman–Crippen MR) is 63.3 cm³/mol. The van der Waals surface area contributed by atoms with Crippen LogP contribution in [0.3, 0.4) is 0 Å². The summed E-state index contributed by atoms with van der Waals surface area (Å²) in [6.07, 6.45) is 2.73. The minimum Gasteiger partial charge on any atom is -0.506 e. The van der Waals surface area contributed by atoms with E-state index in [2.05, 4.69) is 21.8 Å². The van der Waals surface area contributed by atoms with Gasteiger partial charge in [-0.15, -0.1) is 0 Å². The highest BCUT2D eigenvalue weighted by Crippen LogP contribution is 2.09. The molecule has 0 spiro atoms. The van der Waals surface area contributed by atoms with Gasteiger partial charge in [0.1, 0.15) is 5.75 Å². The van der Waals surface area contributed by atoms with Crippen LogP contribution in [0.5, 0.6) is 5.75 Å². The molecule has 1 aromatic heterocycles. The number of hydrogen-bond acceptors (Lipinski definition) is 4. The van der Waals surface area contributed by atoms with Gasteiger partial charge in [0.2, 0.25) is 0 Å². The molecule has 4 nitrogen and oxygen atoms in total. The largest absolute Gasteiger partial charge is 0.506 e. The summed E-state index contributed by atoms with van der Waals surface area (Å²) in [6, 6.07) is 3.59. The molecule has 0 amide bonds. The van der Waals surface area contributed by atoms with Gasteiger partial charge in [-0.2, -0.15) is 0 Å². The fourth-order valence-electron chi connectivity index (χ4n) is 2.00. The van der Waals surface area contributed by atoms with Crippen molar-refractivity contribution < 1.29 is 5.11 Å². The van der Waals surface area contributed by atoms with Crippen molar-refractivity contribution in [1.82, 2.24) is 14.8 Å². The van der Waals surface area contributed by atoms with E-state index >= 15 is 0 Å². The van der Waals surface area contributed by atoms with E-state index < -0.39 is 0 Å². The summed E-state index contributed by atoms with van der Waals surface area (Å²) >= 11 is 0. The van der Waals surface area contributed by atoms with E-state index in [0.717, 1.165) is 31.9 Å². The van der Waals surface area contributed by atoms with E-state index in [9.17, 15) is 0 Å². The summed E-state index contributed by atoms with van der Waals surface area (Å²) < 4.78 is 0. The normalized spacial score (nSPS) is 19.6. The molecular weight excluding hydrogens is 202 g/mol. The second-order valence-electron chi connectivity index (χ2n) is 4.44. The third-order valence-electron chi connectivity index (χ3n) is 3.01. The zero-order valence-corrected chi connectivity index (χ0v) is 9.76. The SMILES string of the molecule is CN1CCCN(Cc2ccc(O)cn2)CC1. The molecule has 1 saturated heterocycles. The van der Waals surface area contributed by atoms with Crippen LogP contribution in [0.25, 0.3) is 0 Å². The lowest BCUT2D eigenvalue weighted by atomic mass is 10.3. The maximum atomic E-state index is 9.16. The molecule has 0 atom stereocenters. The Morgan fingerprint density at radius 1 is 1.25 bits per heavy atom. The molecule has 1 fully saturated rings. The smallest absolute Gasteiger partial charge is 0.133 e. The highest BCUT2D eigenvalue weighted by molar-refractivity contribution is 5.17. The summed E-state index contributed by atoms with van der Waals surface area (Å²) in [5, 5.41) is 9.16. The Hall–Kier alpha value is -1.13. The van der Waals surface area contributed by atoms with Crippen LogP contribution in [0.15, 0.2) is 18.3 Å². The molecule has 0 unspecified atom stereocenters. The maximum Gasteiger partial charge on any atom is 0.133 e. The van der Waals surface area contributed by atoms with Crippen molar-refractivity contribution in [2.45, 2.75) is 13.0 Å². The zero-order valence-electron chi connectivity index (χ0n) is 9.76. The molecule has 0 radical (unpaired) electrons. The van der Waals surface area contributed by atoms with Crippen LogP contribution in [0, 0.1) is 0 Å². The van der Waals surface area contributed by atoms with Gasteiger partial charge in [0.15, 0.2) is 0 Å². The molecule has 1 aliphatic rings. The van der Waals surface area contributed by atoms with Gasteiger partial charge in [-0.3, -0.25) is 9.88 Å². The van der Waals surface area contributed by atoms with Crippen LogP contribution in [0.2, 0.25) is 0 Å². The molecular formula is C12H19N3O. The topological polar surface area (TPSA) is 39.6 Å². The standard InChI is InChI=1S/C12H19N3O/c1-14-5-2-6-15(8-7-14)10-11-3-4-12(16)9-13-11/h3-4,9,16H,2,5-8,10H2,1H3. The molecule has 1 aliphatic heterocycles. The van der Waals surface area contributed by atoms with Crippen molar-refractivity contribution in [3.63, 3.8) is 0 Å². The summed E-state index contributed by atoms with van der Waals surface area (Å²) in [4.78, 5) is 9.00. The predicted octanol–water partition coefficient (Wildman–Crippen LogP) is 0.925. The second-order valence-corrected chi connectivity index (χ2v) is 4.44. The van der Waals surface area contributed by atoms with E-state index in [-0.39, 0.29) is 5.75 Å². The molecule has 0 aromatic carbocycles. The monoisotopic (exact) mass is 221 g/mol. The van der Waals surface area contributed by atoms with Crippen molar-refractivity contribution in [2.24, 2.45) is 0 Å². The number of likely N-dealkylation sites (N-methyl/N-ethyl adjacent to an activating group) is 1. The summed E-state index contributed by atoms with van der Waals surface area (Å²) in [5.41, 5.74) is 1.03. The zero-order chi connectivity index (χ0) is 11.4. The van der Waals surface area contributed by atoms with Crippen molar-refractivity contribution in [2.75, 3.05) is 33.2 Å². The minimum absolute atomic E-state index is 0.236. The van der Waals surface area contributed by atoms with Crippen LogP contribution in [-0.2, 0) is 6.54 Å².